The summed E-state index contributed by atoms with van der Waals surface area (Å²) in [5.41, 5.74) is -7.49. The first kappa shape index (κ1) is 34.8. The number of hydrogen-bond donors (Lipinski definition) is 0. The summed E-state index contributed by atoms with van der Waals surface area (Å²) in [6, 6.07) is 8.01. The molecule has 3 atom stereocenters. The number of carbonyl (C=O) groups excluding carboxylic acids is 2. The van der Waals surface area contributed by atoms with Gasteiger partial charge in [0.2, 0.25) is 11.8 Å². The standard InChI is InChI=1S/C33H27F9N2O4S/c34-22-5-1-19(2-6-22)18-44-26(12-14-28(44)45)29(46)43-16-15-30(49(47,48)24-9-7-23(35)8-10-24)25-11-4-21(17-20(25)3-13-27(30)43)31(36,32(37,38)39)33(40,41)42/h1-2,4-11,17,26-27H,3,12-16,18H2/t26-,27+,30+/m0/s1. The lowest BCUT2D eigenvalue weighted by atomic mass is 9.76. The first-order chi connectivity index (χ1) is 22.8. The van der Waals surface area contributed by atoms with Gasteiger partial charge in [-0.05, 0) is 78.8 Å². The molecule has 0 unspecified atom stereocenters. The number of nitrogens with zero attached hydrogens (tertiary/aromatic N) is 2. The van der Waals surface area contributed by atoms with E-state index in [1.165, 1.54) is 34.1 Å². The quantitative estimate of drug-likeness (QED) is 0.211. The van der Waals surface area contributed by atoms with Crippen molar-refractivity contribution in [2.75, 3.05) is 6.54 Å². The van der Waals surface area contributed by atoms with Gasteiger partial charge in [0.05, 0.1) is 10.9 Å². The zero-order valence-electron chi connectivity index (χ0n) is 25.3. The van der Waals surface area contributed by atoms with Gasteiger partial charge in [-0.15, -0.1) is 0 Å². The highest BCUT2D eigenvalue weighted by Gasteiger charge is 2.74. The van der Waals surface area contributed by atoms with Crippen LogP contribution >= 0.6 is 0 Å². The maximum Gasteiger partial charge on any atom is 0.435 e. The van der Waals surface area contributed by atoms with Gasteiger partial charge in [0.25, 0.3) is 0 Å². The fraction of sp³-hybridized carbons (Fsp3) is 0.394. The largest absolute Gasteiger partial charge is 0.435 e. The predicted octanol–water partition coefficient (Wildman–Crippen LogP) is 6.66. The molecule has 262 valence electrons. The highest BCUT2D eigenvalue weighted by molar-refractivity contribution is 7.92. The second kappa shape index (κ2) is 11.8. The Labute approximate surface area is 274 Å². The number of alkyl halides is 7. The van der Waals surface area contributed by atoms with Crippen molar-refractivity contribution in [3.05, 3.63) is 101 Å². The Hall–Kier alpha value is -4.08. The number of benzene rings is 3. The fourth-order valence-corrected chi connectivity index (χ4v) is 9.85. The third-order valence-electron chi connectivity index (χ3n) is 9.83. The molecule has 49 heavy (non-hydrogen) atoms. The molecule has 0 aromatic heterocycles. The molecular weight excluding hydrogens is 691 g/mol. The van der Waals surface area contributed by atoms with Gasteiger partial charge in [-0.2, -0.15) is 26.3 Å². The normalized spacial score (nSPS) is 23.1. The van der Waals surface area contributed by atoms with Gasteiger partial charge < -0.3 is 9.80 Å². The van der Waals surface area contributed by atoms with E-state index in [1.807, 2.05) is 0 Å². The van der Waals surface area contributed by atoms with Crippen LogP contribution in [0.15, 0.2) is 71.6 Å². The summed E-state index contributed by atoms with van der Waals surface area (Å²) in [6.07, 6.45) is -13.6. The Morgan fingerprint density at radius 1 is 0.816 bits per heavy atom. The molecule has 0 saturated carbocycles. The van der Waals surface area contributed by atoms with Crippen LogP contribution in [-0.2, 0) is 42.8 Å². The Bertz CT molecular complexity index is 1880. The molecule has 0 spiro atoms. The molecule has 1 aliphatic carbocycles. The number of halogens is 9. The minimum atomic E-state index is -6.40. The maximum absolute atomic E-state index is 15.1. The van der Waals surface area contributed by atoms with Crippen LogP contribution in [0.25, 0.3) is 0 Å². The Morgan fingerprint density at radius 2 is 1.41 bits per heavy atom. The van der Waals surface area contributed by atoms with E-state index in [2.05, 4.69) is 0 Å². The summed E-state index contributed by atoms with van der Waals surface area (Å²) >= 11 is 0. The molecule has 0 radical (unpaired) electrons. The molecular formula is C33H27F9N2O4S. The summed E-state index contributed by atoms with van der Waals surface area (Å²) in [5.74, 6) is -2.29. The lowest BCUT2D eigenvalue weighted by Gasteiger charge is -2.43. The smallest absolute Gasteiger partial charge is 0.336 e. The second-order valence-electron chi connectivity index (χ2n) is 12.4. The van der Waals surface area contributed by atoms with Crippen molar-refractivity contribution in [3.8, 4) is 0 Å². The third-order valence-corrected chi connectivity index (χ3v) is 12.4. The lowest BCUT2D eigenvalue weighted by molar-refractivity contribution is -0.348. The SMILES string of the molecule is O=C1CC[C@@H](C(=O)N2CC[C@@]3(S(=O)(=O)c4ccc(F)cc4)c4ccc(C(F)(C(F)(F)F)C(F)(F)F)cc4CC[C@@H]23)N1Cc1ccc(F)cc1. The van der Waals surface area contributed by atoms with Crippen molar-refractivity contribution >= 4 is 21.7 Å². The zero-order valence-corrected chi connectivity index (χ0v) is 26.1. The number of aryl methyl sites for hydroxylation is 1. The molecule has 2 heterocycles. The van der Waals surface area contributed by atoms with Gasteiger partial charge in [0, 0.05) is 25.1 Å². The van der Waals surface area contributed by atoms with Gasteiger partial charge in [-0.25, -0.2) is 21.6 Å². The molecule has 2 fully saturated rings. The van der Waals surface area contributed by atoms with E-state index in [0.717, 1.165) is 30.3 Å². The first-order valence-electron chi connectivity index (χ1n) is 15.1. The summed E-state index contributed by atoms with van der Waals surface area (Å²) in [4.78, 5) is 29.2. The summed E-state index contributed by atoms with van der Waals surface area (Å²) in [7, 11) is -4.68. The van der Waals surface area contributed by atoms with Crippen LogP contribution < -0.4 is 0 Å². The Balaban J connectivity index is 1.44. The third kappa shape index (κ3) is 5.37. The van der Waals surface area contributed by atoms with Crippen LogP contribution in [0.4, 0.5) is 39.5 Å². The highest BCUT2D eigenvalue weighted by atomic mass is 32.2. The first-order valence-corrected chi connectivity index (χ1v) is 16.6. The summed E-state index contributed by atoms with van der Waals surface area (Å²) < 4.78 is 151. The minimum Gasteiger partial charge on any atom is -0.336 e. The zero-order chi connectivity index (χ0) is 35.7. The molecule has 2 amide bonds. The molecule has 3 aromatic rings. The minimum absolute atomic E-state index is 0.00979. The fourth-order valence-electron chi connectivity index (χ4n) is 7.48. The molecule has 6 nitrogen and oxygen atoms in total. The highest BCUT2D eigenvalue weighted by Crippen LogP contribution is 2.57. The van der Waals surface area contributed by atoms with Gasteiger partial charge in [-0.3, -0.25) is 9.59 Å². The van der Waals surface area contributed by atoms with Gasteiger partial charge in [0.1, 0.15) is 22.4 Å². The van der Waals surface area contributed by atoms with Gasteiger partial charge in [0.15, 0.2) is 9.84 Å². The molecule has 0 N–H and O–H groups in total. The van der Waals surface area contributed by atoms with E-state index in [0.29, 0.717) is 11.6 Å². The van der Waals surface area contributed by atoms with E-state index in [1.54, 1.807) is 0 Å². The number of hydrogen-bond acceptors (Lipinski definition) is 4. The van der Waals surface area contributed by atoms with Crippen molar-refractivity contribution in [3.63, 3.8) is 0 Å². The predicted molar refractivity (Wildman–Crippen MR) is 155 cm³/mol. The van der Waals surface area contributed by atoms with Crippen molar-refractivity contribution in [1.29, 1.82) is 0 Å². The van der Waals surface area contributed by atoms with Crippen LogP contribution in [0.1, 0.15) is 47.9 Å². The van der Waals surface area contributed by atoms with E-state index < -0.39 is 72.7 Å². The van der Waals surface area contributed by atoms with Crippen LogP contribution in [0.3, 0.4) is 0 Å². The number of amides is 2. The lowest BCUT2D eigenvalue weighted by Crippen LogP contribution is -2.55. The average Bonchev–Trinajstić information content (AvgIpc) is 3.62. The summed E-state index contributed by atoms with van der Waals surface area (Å²) in [5, 5.41) is 0. The number of sulfone groups is 1. The molecule has 3 aromatic carbocycles. The van der Waals surface area contributed by atoms with E-state index >= 15 is 4.39 Å². The topological polar surface area (TPSA) is 74.8 Å². The van der Waals surface area contributed by atoms with E-state index in [9.17, 15) is 53.1 Å². The van der Waals surface area contributed by atoms with Crippen molar-refractivity contribution in [1.82, 2.24) is 9.80 Å². The molecule has 2 aliphatic heterocycles. The number of carbonyl (C=O) groups is 2. The summed E-state index contributed by atoms with van der Waals surface area (Å²) in [6.45, 7) is -0.277. The molecule has 16 heteroatoms. The Morgan fingerprint density at radius 3 is 2.00 bits per heavy atom. The van der Waals surface area contributed by atoms with Crippen LogP contribution in [0.5, 0.6) is 0 Å². The molecule has 6 rings (SSSR count). The van der Waals surface area contributed by atoms with Gasteiger partial charge in [-0.1, -0.05) is 30.3 Å². The number of fused-ring (bicyclic) bond motifs is 3. The van der Waals surface area contributed by atoms with E-state index in [4.69, 9.17) is 0 Å². The van der Waals surface area contributed by atoms with Gasteiger partial charge >= 0.3 is 18.0 Å². The Kier molecular flexibility index (Phi) is 8.35. The van der Waals surface area contributed by atoms with E-state index in [-0.39, 0.29) is 68.3 Å². The van der Waals surface area contributed by atoms with Crippen LogP contribution in [0, 0.1) is 11.6 Å². The second-order valence-corrected chi connectivity index (χ2v) is 14.6. The average molecular weight is 719 g/mol. The monoisotopic (exact) mass is 718 g/mol. The van der Waals surface area contributed by atoms with Crippen molar-refractivity contribution in [2.24, 2.45) is 0 Å². The van der Waals surface area contributed by atoms with Crippen LogP contribution in [-0.4, -0.2) is 61.0 Å². The number of likely N-dealkylation sites (tertiary alicyclic amines) is 2. The van der Waals surface area contributed by atoms with Crippen LogP contribution in [0.2, 0.25) is 0 Å². The van der Waals surface area contributed by atoms with Crippen molar-refractivity contribution in [2.45, 2.75) is 78.4 Å². The maximum atomic E-state index is 15.1. The molecule has 2 saturated heterocycles. The molecule has 0 bridgehead atoms. The number of rotatable bonds is 6. The van der Waals surface area contributed by atoms with Crippen molar-refractivity contribution < 1.29 is 57.5 Å². The molecule has 3 aliphatic rings.